The Morgan fingerprint density at radius 3 is 1.34 bits per heavy atom. The number of rotatable bonds is 6. The summed E-state index contributed by atoms with van der Waals surface area (Å²) in [7, 11) is 0. The van der Waals surface area contributed by atoms with Crippen molar-refractivity contribution in [2.75, 3.05) is 0 Å². The quantitative estimate of drug-likeness (QED) is 0.456. The highest BCUT2D eigenvalue weighted by atomic mass is 16.1. The second-order valence-electron chi connectivity index (χ2n) is 6.00. The van der Waals surface area contributed by atoms with Crippen LogP contribution in [0.2, 0.25) is 0 Å². The van der Waals surface area contributed by atoms with Crippen molar-refractivity contribution in [3.05, 3.63) is 100 Å². The van der Waals surface area contributed by atoms with Crippen LogP contribution < -0.4 is 0 Å². The molecule has 142 valence electrons. The number of benzene rings is 3. The van der Waals surface area contributed by atoms with Gasteiger partial charge in [0.2, 0.25) is 12.2 Å². The van der Waals surface area contributed by atoms with Crippen molar-refractivity contribution in [1.29, 1.82) is 0 Å². The molecule has 0 radical (unpaired) electrons. The summed E-state index contributed by atoms with van der Waals surface area (Å²) in [5.41, 5.74) is 5.97. The van der Waals surface area contributed by atoms with E-state index >= 15 is 0 Å². The molecule has 0 saturated heterocycles. The van der Waals surface area contributed by atoms with Crippen LogP contribution in [0, 0.1) is 0 Å². The van der Waals surface area contributed by atoms with Crippen molar-refractivity contribution in [3.8, 4) is 0 Å². The first-order valence-corrected chi connectivity index (χ1v) is 8.61. The fourth-order valence-corrected chi connectivity index (χ4v) is 2.80. The third-order valence-corrected chi connectivity index (χ3v) is 4.03. The number of hydrogen-bond acceptors (Lipinski definition) is 5. The molecule has 6 nitrogen and oxygen atoms in total. The van der Waals surface area contributed by atoms with E-state index in [-0.39, 0.29) is 0 Å². The lowest BCUT2D eigenvalue weighted by Gasteiger charge is -2.07. The van der Waals surface area contributed by atoms with Crippen molar-refractivity contribution in [3.63, 3.8) is 0 Å². The molecule has 29 heavy (non-hydrogen) atoms. The number of isocyanates is 3. The molecule has 0 fully saturated rings. The number of hydrogen-bond donors (Lipinski definition) is 0. The van der Waals surface area contributed by atoms with E-state index in [4.69, 9.17) is 10.2 Å². The van der Waals surface area contributed by atoms with Crippen LogP contribution >= 0.6 is 0 Å². The van der Waals surface area contributed by atoms with E-state index in [0.29, 0.717) is 17.5 Å². The van der Waals surface area contributed by atoms with Crippen LogP contribution in [0.5, 0.6) is 0 Å². The molecular formula is C23H16N3O3-. The van der Waals surface area contributed by atoms with Crippen LogP contribution in [-0.4, -0.2) is 18.2 Å². The Labute approximate surface area is 167 Å². The maximum Gasteiger partial charge on any atom is 0.240 e. The first kappa shape index (κ1) is 21.1. The Bertz CT molecular complexity index is 992. The first-order chi connectivity index (χ1) is 14.2. The van der Waals surface area contributed by atoms with Crippen LogP contribution in [0.4, 0.5) is 11.4 Å². The van der Waals surface area contributed by atoms with Crippen molar-refractivity contribution in [2.24, 2.45) is 9.98 Å². The Balaban J connectivity index is 0.000000941. The summed E-state index contributed by atoms with van der Waals surface area (Å²) in [6, 6.07) is 23.6. The summed E-state index contributed by atoms with van der Waals surface area (Å²) in [4.78, 5) is 36.0. The molecule has 3 aromatic carbocycles. The zero-order valence-electron chi connectivity index (χ0n) is 15.4. The summed E-state index contributed by atoms with van der Waals surface area (Å²) >= 11 is 0. The molecule has 0 aliphatic heterocycles. The predicted octanol–water partition coefficient (Wildman–Crippen LogP) is 4.69. The zero-order chi connectivity index (χ0) is 20.9. The van der Waals surface area contributed by atoms with Crippen LogP contribution in [0.3, 0.4) is 0 Å². The molecule has 0 aromatic heterocycles. The smallest absolute Gasteiger partial charge is 0.240 e. The lowest BCUT2D eigenvalue weighted by molar-refractivity contribution is 0.564. The summed E-state index contributed by atoms with van der Waals surface area (Å²) in [5.74, 6) is 0. The lowest BCUT2D eigenvalue weighted by Crippen LogP contribution is -1.92. The van der Waals surface area contributed by atoms with Crippen LogP contribution in [0.15, 0.2) is 82.8 Å². The van der Waals surface area contributed by atoms with E-state index in [0.717, 1.165) is 24.0 Å². The fraction of sp³-hybridized carbons (Fsp3) is 0.0870. The average Bonchev–Trinajstić information content (AvgIpc) is 2.72. The molecule has 3 rings (SSSR count). The third-order valence-electron chi connectivity index (χ3n) is 4.03. The summed E-state index contributed by atoms with van der Waals surface area (Å²) in [5, 5.41) is 6.76. The normalized spacial score (nSPS) is 9.10. The topological polar surface area (TPSA) is 98.2 Å². The van der Waals surface area contributed by atoms with Crippen LogP contribution in [-0.2, 0) is 27.2 Å². The molecule has 0 aliphatic rings. The van der Waals surface area contributed by atoms with E-state index in [2.05, 4.69) is 34.3 Å². The second kappa shape index (κ2) is 11.5. The van der Waals surface area contributed by atoms with Gasteiger partial charge in [0, 0.05) is 0 Å². The number of nitrogens with zero attached hydrogens (tertiary/aromatic N) is 3. The van der Waals surface area contributed by atoms with Gasteiger partial charge in [-0.25, -0.2) is 9.59 Å². The molecule has 0 heterocycles. The van der Waals surface area contributed by atoms with Gasteiger partial charge in [-0.05, 0) is 65.4 Å². The van der Waals surface area contributed by atoms with Crippen molar-refractivity contribution in [2.45, 2.75) is 12.8 Å². The van der Waals surface area contributed by atoms with Gasteiger partial charge >= 0.3 is 0 Å². The summed E-state index contributed by atoms with van der Waals surface area (Å²) in [6.45, 7) is 0. The Morgan fingerprint density at radius 1 is 0.621 bits per heavy atom. The second-order valence-corrected chi connectivity index (χ2v) is 6.00. The molecule has 0 bridgehead atoms. The molecule has 0 atom stereocenters. The molecule has 0 amide bonds. The van der Waals surface area contributed by atoms with Gasteiger partial charge in [-0.1, -0.05) is 48.5 Å². The molecule has 0 spiro atoms. The van der Waals surface area contributed by atoms with Crippen molar-refractivity contribution < 1.29 is 14.4 Å². The maximum absolute atomic E-state index is 10.3. The summed E-state index contributed by atoms with van der Waals surface area (Å²) in [6.07, 6.45) is 5.21. The van der Waals surface area contributed by atoms with Gasteiger partial charge in [-0.2, -0.15) is 9.98 Å². The number of carbonyl (C=O) groups excluding carboxylic acids is 3. The molecular weight excluding hydrogens is 366 g/mol. The minimum atomic E-state index is 0.500. The SMILES string of the molecule is O=C=Nc1ccc(Cc2cccc(Cc3ccc(N=C=O)cc3)c2)cc1.[N-]=C=O. The van der Waals surface area contributed by atoms with Gasteiger partial charge < -0.3 is 5.41 Å². The van der Waals surface area contributed by atoms with Crippen molar-refractivity contribution in [1.82, 2.24) is 0 Å². The third kappa shape index (κ3) is 7.14. The van der Waals surface area contributed by atoms with Gasteiger partial charge in [0.25, 0.3) is 0 Å². The highest BCUT2D eigenvalue weighted by Crippen LogP contribution is 2.19. The van der Waals surface area contributed by atoms with E-state index in [1.807, 2.05) is 48.5 Å². The fourth-order valence-electron chi connectivity index (χ4n) is 2.80. The largest absolute Gasteiger partial charge is 0.724 e. The minimum absolute atomic E-state index is 0.500. The number of aliphatic imine (C=N–C) groups is 2. The van der Waals surface area contributed by atoms with Gasteiger partial charge in [0.1, 0.15) is 0 Å². The first-order valence-electron chi connectivity index (χ1n) is 8.61. The van der Waals surface area contributed by atoms with E-state index in [1.54, 1.807) is 12.2 Å². The minimum Gasteiger partial charge on any atom is -0.724 e. The van der Waals surface area contributed by atoms with Gasteiger partial charge in [-0.15, -0.1) is 0 Å². The van der Waals surface area contributed by atoms with Crippen LogP contribution in [0.25, 0.3) is 5.41 Å². The van der Waals surface area contributed by atoms with Crippen molar-refractivity contribution >= 4 is 29.6 Å². The molecule has 0 N–H and O–H groups in total. The van der Waals surface area contributed by atoms with E-state index in [9.17, 15) is 9.59 Å². The lowest BCUT2D eigenvalue weighted by atomic mass is 9.99. The molecule has 0 aliphatic carbocycles. The highest BCUT2D eigenvalue weighted by molar-refractivity contribution is 5.50. The zero-order valence-corrected chi connectivity index (χ0v) is 15.4. The molecule has 6 heteroatoms. The van der Waals surface area contributed by atoms with Gasteiger partial charge in [0.05, 0.1) is 11.4 Å². The van der Waals surface area contributed by atoms with E-state index in [1.165, 1.54) is 11.1 Å². The van der Waals surface area contributed by atoms with Gasteiger partial charge in [0.15, 0.2) is 0 Å². The Kier molecular flexibility index (Phi) is 8.37. The van der Waals surface area contributed by atoms with E-state index < -0.39 is 0 Å². The summed E-state index contributed by atoms with van der Waals surface area (Å²) < 4.78 is 0. The van der Waals surface area contributed by atoms with Gasteiger partial charge in [-0.3, -0.25) is 4.79 Å². The Hall–Kier alpha value is -4.20. The standard InChI is InChI=1S/C22H16N2O2.CNO/c25-15-23-21-8-4-17(5-9-21)12-19-2-1-3-20(14-19)13-18-6-10-22(11-7-18)24-16-26;2-1-3/h1-11,14H,12-13H2;/q;-1. The molecule has 0 unspecified atom stereocenters. The Morgan fingerprint density at radius 2 is 1.00 bits per heavy atom. The van der Waals surface area contributed by atoms with Crippen LogP contribution in [0.1, 0.15) is 22.3 Å². The monoisotopic (exact) mass is 382 g/mol. The average molecular weight is 382 g/mol. The maximum atomic E-state index is 10.3. The molecule has 0 saturated carbocycles. The highest BCUT2D eigenvalue weighted by Gasteiger charge is 2.01. The predicted molar refractivity (Wildman–Crippen MR) is 110 cm³/mol. The molecule has 3 aromatic rings.